The lowest BCUT2D eigenvalue weighted by atomic mass is 10.2. The molecule has 168 valence electrons. The molecule has 0 heterocycles. The molecule has 1 amide bonds. The predicted molar refractivity (Wildman–Crippen MR) is 126 cm³/mol. The molecule has 1 N–H and O–H groups in total. The summed E-state index contributed by atoms with van der Waals surface area (Å²) in [5.41, 5.74) is 1.80. The SMILES string of the molecule is CSc1ccccc1NC(=O)COc1ccc(N(Cc2ccc(F)cc2)S(C)(=O)=O)cc1. The van der Waals surface area contributed by atoms with Gasteiger partial charge in [-0.25, -0.2) is 12.8 Å². The topological polar surface area (TPSA) is 75.7 Å². The van der Waals surface area contributed by atoms with Gasteiger partial charge in [0.2, 0.25) is 10.0 Å². The van der Waals surface area contributed by atoms with Crippen LogP contribution in [-0.2, 0) is 21.4 Å². The third-order valence-corrected chi connectivity index (χ3v) is 6.45. The maximum absolute atomic E-state index is 13.1. The summed E-state index contributed by atoms with van der Waals surface area (Å²) in [5, 5.41) is 2.81. The smallest absolute Gasteiger partial charge is 0.262 e. The monoisotopic (exact) mass is 474 g/mol. The van der Waals surface area contributed by atoms with Crippen LogP contribution in [0.15, 0.2) is 77.7 Å². The lowest BCUT2D eigenvalue weighted by molar-refractivity contribution is -0.118. The molecule has 0 aliphatic rings. The maximum Gasteiger partial charge on any atom is 0.262 e. The van der Waals surface area contributed by atoms with Crippen molar-refractivity contribution in [2.45, 2.75) is 11.4 Å². The Hall–Kier alpha value is -3.04. The van der Waals surface area contributed by atoms with Gasteiger partial charge in [-0.1, -0.05) is 24.3 Å². The molecule has 0 aliphatic carbocycles. The van der Waals surface area contributed by atoms with Crippen molar-refractivity contribution in [1.82, 2.24) is 0 Å². The van der Waals surface area contributed by atoms with Crippen LogP contribution in [0.2, 0.25) is 0 Å². The second-order valence-corrected chi connectivity index (χ2v) is 9.68. The van der Waals surface area contributed by atoms with Gasteiger partial charge >= 0.3 is 0 Å². The van der Waals surface area contributed by atoms with Crippen molar-refractivity contribution in [3.63, 3.8) is 0 Å². The zero-order chi connectivity index (χ0) is 23.1. The van der Waals surface area contributed by atoms with Crippen LogP contribution in [0.4, 0.5) is 15.8 Å². The van der Waals surface area contributed by atoms with Crippen LogP contribution in [0.3, 0.4) is 0 Å². The van der Waals surface area contributed by atoms with E-state index in [2.05, 4.69) is 5.32 Å². The minimum atomic E-state index is -3.57. The van der Waals surface area contributed by atoms with Crippen LogP contribution < -0.4 is 14.4 Å². The van der Waals surface area contributed by atoms with Crippen LogP contribution in [0.5, 0.6) is 5.75 Å². The third kappa shape index (κ3) is 6.48. The van der Waals surface area contributed by atoms with Crippen LogP contribution in [0, 0.1) is 5.82 Å². The number of nitrogens with zero attached hydrogens (tertiary/aromatic N) is 1. The summed E-state index contributed by atoms with van der Waals surface area (Å²) >= 11 is 1.53. The number of carbonyl (C=O) groups excluding carboxylic acids is 1. The number of benzene rings is 3. The number of rotatable bonds is 9. The highest BCUT2D eigenvalue weighted by molar-refractivity contribution is 7.98. The molecule has 9 heteroatoms. The van der Waals surface area contributed by atoms with Crippen LogP contribution in [0.25, 0.3) is 0 Å². The molecular weight excluding hydrogens is 451 g/mol. The van der Waals surface area contributed by atoms with Crippen LogP contribution in [-0.4, -0.2) is 33.4 Å². The first kappa shape index (κ1) is 23.6. The average Bonchev–Trinajstić information content (AvgIpc) is 2.77. The predicted octanol–water partition coefficient (Wildman–Crippen LogP) is 4.53. The molecule has 0 aliphatic heterocycles. The van der Waals surface area contributed by atoms with Gasteiger partial charge in [0.25, 0.3) is 5.91 Å². The van der Waals surface area contributed by atoms with Crippen molar-refractivity contribution in [2.24, 2.45) is 0 Å². The Labute approximate surface area is 191 Å². The molecule has 0 aromatic heterocycles. The normalized spacial score (nSPS) is 11.1. The molecular formula is C23H23FN2O4S2. The lowest BCUT2D eigenvalue weighted by Crippen LogP contribution is -2.29. The van der Waals surface area contributed by atoms with E-state index >= 15 is 0 Å². The minimum absolute atomic E-state index is 0.0660. The Bertz CT molecular complexity index is 1170. The van der Waals surface area contributed by atoms with Crippen LogP contribution in [0.1, 0.15) is 5.56 Å². The molecule has 0 saturated heterocycles. The number of anilines is 2. The largest absolute Gasteiger partial charge is 0.484 e. The van der Waals surface area contributed by atoms with E-state index in [0.29, 0.717) is 22.7 Å². The Morgan fingerprint density at radius 3 is 2.31 bits per heavy atom. The Balaban J connectivity index is 1.64. The number of para-hydroxylation sites is 1. The zero-order valence-corrected chi connectivity index (χ0v) is 19.3. The van der Waals surface area contributed by atoms with Gasteiger partial charge < -0.3 is 10.1 Å². The molecule has 3 aromatic rings. The average molecular weight is 475 g/mol. The summed E-state index contributed by atoms with van der Waals surface area (Å²) in [7, 11) is -3.57. The molecule has 0 unspecified atom stereocenters. The van der Waals surface area contributed by atoms with Crippen molar-refractivity contribution in [2.75, 3.05) is 28.7 Å². The zero-order valence-electron chi connectivity index (χ0n) is 17.6. The standard InChI is InChI=1S/C23H23FN2O4S2/c1-31-22-6-4-3-5-21(22)25-23(27)16-30-20-13-11-19(12-14-20)26(32(2,28)29)15-17-7-9-18(24)10-8-17/h3-14H,15-16H2,1-2H3,(H,25,27). The van der Waals surface area contributed by atoms with Gasteiger partial charge in [-0.2, -0.15) is 0 Å². The molecule has 3 rings (SSSR count). The summed E-state index contributed by atoms with van der Waals surface area (Å²) < 4.78 is 44.5. The van der Waals surface area contributed by atoms with Crippen molar-refractivity contribution in [3.8, 4) is 5.75 Å². The fourth-order valence-electron chi connectivity index (χ4n) is 2.95. The summed E-state index contributed by atoms with van der Waals surface area (Å²) in [6, 6.07) is 19.5. The van der Waals surface area contributed by atoms with Gasteiger partial charge in [-0.3, -0.25) is 9.10 Å². The number of nitrogens with one attached hydrogen (secondary N) is 1. The summed E-state index contributed by atoms with van der Waals surface area (Å²) in [6.07, 6.45) is 3.04. The number of ether oxygens (including phenoxy) is 1. The summed E-state index contributed by atoms with van der Waals surface area (Å²) in [5.74, 6) is -0.260. The van der Waals surface area contributed by atoms with Gasteiger partial charge in [0.05, 0.1) is 24.2 Å². The van der Waals surface area contributed by atoms with E-state index in [9.17, 15) is 17.6 Å². The highest BCUT2D eigenvalue weighted by atomic mass is 32.2. The van der Waals surface area contributed by atoms with Gasteiger partial charge in [0.1, 0.15) is 11.6 Å². The lowest BCUT2D eigenvalue weighted by Gasteiger charge is -2.23. The number of hydrogen-bond donors (Lipinski definition) is 1. The van der Waals surface area contributed by atoms with E-state index in [4.69, 9.17) is 4.74 Å². The first-order valence-corrected chi connectivity index (χ1v) is 12.7. The number of hydrogen-bond acceptors (Lipinski definition) is 5. The van der Waals surface area contributed by atoms with E-state index in [-0.39, 0.29) is 24.9 Å². The van der Waals surface area contributed by atoms with Gasteiger partial charge in [0.15, 0.2) is 6.61 Å². The molecule has 0 saturated carbocycles. The minimum Gasteiger partial charge on any atom is -0.484 e. The number of halogens is 1. The number of sulfonamides is 1. The maximum atomic E-state index is 13.1. The first-order chi connectivity index (χ1) is 15.3. The molecule has 0 atom stereocenters. The first-order valence-electron chi connectivity index (χ1n) is 9.64. The van der Waals surface area contributed by atoms with E-state index in [1.807, 2.05) is 30.5 Å². The highest BCUT2D eigenvalue weighted by Crippen LogP contribution is 2.25. The van der Waals surface area contributed by atoms with Crippen molar-refractivity contribution >= 4 is 39.1 Å². The van der Waals surface area contributed by atoms with E-state index in [1.54, 1.807) is 36.4 Å². The van der Waals surface area contributed by atoms with E-state index in [1.165, 1.54) is 28.2 Å². The van der Waals surface area contributed by atoms with Crippen molar-refractivity contribution < 1.29 is 22.3 Å². The van der Waals surface area contributed by atoms with E-state index < -0.39 is 10.0 Å². The van der Waals surface area contributed by atoms with Gasteiger partial charge in [-0.05, 0) is 60.4 Å². The molecule has 3 aromatic carbocycles. The van der Waals surface area contributed by atoms with Crippen molar-refractivity contribution in [1.29, 1.82) is 0 Å². The molecule has 0 bridgehead atoms. The second kappa shape index (κ2) is 10.5. The fraction of sp³-hybridized carbons (Fsp3) is 0.174. The number of thioether (sulfide) groups is 1. The third-order valence-electron chi connectivity index (χ3n) is 4.52. The summed E-state index contributed by atoms with van der Waals surface area (Å²) in [6.45, 7) is -0.121. The summed E-state index contributed by atoms with van der Waals surface area (Å²) in [4.78, 5) is 13.2. The van der Waals surface area contributed by atoms with Crippen LogP contribution >= 0.6 is 11.8 Å². The number of carbonyl (C=O) groups is 1. The quantitative estimate of drug-likeness (QED) is 0.461. The van der Waals surface area contributed by atoms with Gasteiger partial charge in [0, 0.05) is 4.90 Å². The second-order valence-electron chi connectivity index (χ2n) is 6.93. The van der Waals surface area contributed by atoms with Crippen molar-refractivity contribution in [3.05, 3.63) is 84.2 Å². The van der Waals surface area contributed by atoms with E-state index in [0.717, 1.165) is 11.2 Å². The van der Waals surface area contributed by atoms with Gasteiger partial charge in [-0.15, -0.1) is 11.8 Å². The molecule has 32 heavy (non-hydrogen) atoms. The molecule has 0 fully saturated rings. The molecule has 6 nitrogen and oxygen atoms in total. The highest BCUT2D eigenvalue weighted by Gasteiger charge is 2.18. The number of amides is 1. The molecule has 0 spiro atoms. The Kier molecular flexibility index (Phi) is 7.76. The Morgan fingerprint density at radius 2 is 1.69 bits per heavy atom. The molecule has 0 radical (unpaired) electrons. The fourth-order valence-corrected chi connectivity index (χ4v) is 4.39. The Morgan fingerprint density at radius 1 is 1.03 bits per heavy atom.